The molecule has 1 aromatic carbocycles. The molecule has 0 heteroatoms. The van der Waals surface area contributed by atoms with Crippen LogP contribution in [-0.4, -0.2) is 0 Å². The average Bonchev–Trinajstić information content (AvgIpc) is 2.41. The lowest BCUT2D eigenvalue weighted by Crippen LogP contribution is -2.22. The summed E-state index contributed by atoms with van der Waals surface area (Å²) in [6.07, 6.45) is 11.0. The number of hydrogen-bond acceptors (Lipinski definition) is 0. The standard InChI is InChI=1S/C20H34/c1-5-6-7-8-9-13-16-19(20(2,3)4)17-18-14-11-10-12-15-18/h10-12,14-15,19H,5-9,13,16-17H2,1-4H3. The number of benzene rings is 1. The predicted octanol–water partition coefficient (Wildman–Crippen LogP) is 6.64. The van der Waals surface area contributed by atoms with E-state index in [4.69, 9.17) is 0 Å². The molecule has 114 valence electrons. The van der Waals surface area contributed by atoms with Crippen LogP contribution in [0.3, 0.4) is 0 Å². The molecule has 1 unspecified atom stereocenters. The molecule has 1 rings (SSSR count). The van der Waals surface area contributed by atoms with Crippen LogP contribution in [0.1, 0.15) is 78.2 Å². The second-order valence-electron chi connectivity index (χ2n) is 7.31. The summed E-state index contributed by atoms with van der Waals surface area (Å²) in [5, 5.41) is 0. The van der Waals surface area contributed by atoms with Crippen LogP contribution in [0.25, 0.3) is 0 Å². The highest BCUT2D eigenvalue weighted by Crippen LogP contribution is 2.33. The molecule has 20 heavy (non-hydrogen) atoms. The Balaban J connectivity index is 2.38. The number of rotatable bonds is 9. The third-order valence-electron chi connectivity index (χ3n) is 4.46. The maximum Gasteiger partial charge on any atom is -0.0245 e. The largest absolute Gasteiger partial charge is 0.0654 e. The zero-order valence-corrected chi connectivity index (χ0v) is 14.1. The van der Waals surface area contributed by atoms with Gasteiger partial charge in [-0.15, -0.1) is 0 Å². The summed E-state index contributed by atoms with van der Waals surface area (Å²) >= 11 is 0. The van der Waals surface area contributed by atoms with Gasteiger partial charge >= 0.3 is 0 Å². The molecule has 0 amide bonds. The van der Waals surface area contributed by atoms with Gasteiger partial charge in [0.25, 0.3) is 0 Å². The highest BCUT2D eigenvalue weighted by atomic mass is 14.3. The molecule has 0 aliphatic carbocycles. The first-order chi connectivity index (χ1) is 9.54. The maximum atomic E-state index is 2.40. The summed E-state index contributed by atoms with van der Waals surface area (Å²) in [6.45, 7) is 9.49. The molecule has 0 fully saturated rings. The van der Waals surface area contributed by atoms with Gasteiger partial charge in [-0.1, -0.05) is 96.6 Å². The van der Waals surface area contributed by atoms with Crippen molar-refractivity contribution < 1.29 is 0 Å². The first-order valence-electron chi connectivity index (χ1n) is 8.58. The fourth-order valence-corrected chi connectivity index (χ4v) is 2.91. The average molecular weight is 274 g/mol. The predicted molar refractivity (Wildman–Crippen MR) is 91.1 cm³/mol. The molecule has 0 heterocycles. The van der Waals surface area contributed by atoms with Crippen LogP contribution < -0.4 is 0 Å². The second kappa shape index (κ2) is 9.21. The van der Waals surface area contributed by atoms with Gasteiger partial charge in [0, 0.05) is 0 Å². The van der Waals surface area contributed by atoms with Crippen molar-refractivity contribution in [2.45, 2.75) is 79.1 Å². The van der Waals surface area contributed by atoms with E-state index in [0.717, 1.165) is 5.92 Å². The van der Waals surface area contributed by atoms with E-state index in [1.54, 1.807) is 0 Å². The van der Waals surface area contributed by atoms with Crippen LogP contribution in [0, 0.1) is 11.3 Å². The van der Waals surface area contributed by atoms with Crippen LogP contribution >= 0.6 is 0 Å². The minimum atomic E-state index is 0.416. The lowest BCUT2D eigenvalue weighted by Gasteiger charge is -2.31. The van der Waals surface area contributed by atoms with Gasteiger partial charge in [-0.05, 0) is 29.7 Å². The first-order valence-corrected chi connectivity index (χ1v) is 8.58. The van der Waals surface area contributed by atoms with Gasteiger partial charge in [-0.2, -0.15) is 0 Å². The molecule has 0 aliphatic heterocycles. The zero-order chi connectivity index (χ0) is 14.8. The molecule has 0 N–H and O–H groups in total. The number of unbranched alkanes of at least 4 members (excludes halogenated alkanes) is 5. The van der Waals surface area contributed by atoms with Crippen LogP contribution in [0.5, 0.6) is 0 Å². The molecule has 0 bridgehead atoms. The highest BCUT2D eigenvalue weighted by Gasteiger charge is 2.24. The van der Waals surface area contributed by atoms with Gasteiger partial charge in [-0.3, -0.25) is 0 Å². The van der Waals surface area contributed by atoms with Crippen LogP contribution in [0.2, 0.25) is 0 Å². The Morgan fingerprint density at radius 2 is 1.45 bits per heavy atom. The second-order valence-corrected chi connectivity index (χ2v) is 7.31. The Hall–Kier alpha value is -0.780. The summed E-state index contributed by atoms with van der Waals surface area (Å²) in [6, 6.07) is 11.0. The van der Waals surface area contributed by atoms with Gasteiger partial charge in [0.2, 0.25) is 0 Å². The summed E-state index contributed by atoms with van der Waals surface area (Å²) in [4.78, 5) is 0. The van der Waals surface area contributed by atoms with E-state index in [1.807, 2.05) is 0 Å². The van der Waals surface area contributed by atoms with Gasteiger partial charge in [0.15, 0.2) is 0 Å². The Kier molecular flexibility index (Phi) is 7.95. The molecule has 1 aromatic rings. The monoisotopic (exact) mass is 274 g/mol. The van der Waals surface area contributed by atoms with Gasteiger partial charge in [0.1, 0.15) is 0 Å². The van der Waals surface area contributed by atoms with Crippen molar-refractivity contribution in [3.8, 4) is 0 Å². The van der Waals surface area contributed by atoms with Crippen LogP contribution in [0.4, 0.5) is 0 Å². The van der Waals surface area contributed by atoms with E-state index in [1.165, 1.54) is 56.9 Å². The van der Waals surface area contributed by atoms with Crippen molar-refractivity contribution in [2.24, 2.45) is 11.3 Å². The van der Waals surface area contributed by atoms with Crippen LogP contribution in [-0.2, 0) is 6.42 Å². The lowest BCUT2D eigenvalue weighted by molar-refractivity contribution is 0.218. The lowest BCUT2D eigenvalue weighted by atomic mass is 9.74. The molecule has 1 atom stereocenters. The molecule has 0 saturated carbocycles. The van der Waals surface area contributed by atoms with E-state index >= 15 is 0 Å². The van der Waals surface area contributed by atoms with Crippen molar-refractivity contribution in [3.63, 3.8) is 0 Å². The third-order valence-corrected chi connectivity index (χ3v) is 4.46. The fourth-order valence-electron chi connectivity index (χ4n) is 2.91. The van der Waals surface area contributed by atoms with Crippen molar-refractivity contribution in [3.05, 3.63) is 35.9 Å². The molecular formula is C20H34. The minimum absolute atomic E-state index is 0.416. The molecule has 0 aliphatic rings. The Labute approximate surface area is 127 Å². The molecule has 0 aromatic heterocycles. The van der Waals surface area contributed by atoms with Gasteiger partial charge < -0.3 is 0 Å². The summed E-state index contributed by atoms with van der Waals surface area (Å²) in [5.41, 5.74) is 1.91. The first kappa shape index (κ1) is 17.3. The zero-order valence-electron chi connectivity index (χ0n) is 14.1. The van der Waals surface area contributed by atoms with E-state index < -0.39 is 0 Å². The Morgan fingerprint density at radius 1 is 0.850 bits per heavy atom. The topological polar surface area (TPSA) is 0 Å². The van der Waals surface area contributed by atoms with E-state index in [-0.39, 0.29) is 0 Å². The van der Waals surface area contributed by atoms with Gasteiger partial charge in [-0.25, -0.2) is 0 Å². The smallest absolute Gasteiger partial charge is 0.0245 e. The normalized spacial score (nSPS) is 13.4. The molecule has 0 spiro atoms. The quantitative estimate of drug-likeness (QED) is 0.443. The van der Waals surface area contributed by atoms with E-state index in [2.05, 4.69) is 58.0 Å². The maximum absolute atomic E-state index is 2.40. The molecule has 0 saturated heterocycles. The molecule has 0 nitrogen and oxygen atoms in total. The Bertz CT molecular complexity index is 331. The third kappa shape index (κ3) is 7.12. The van der Waals surface area contributed by atoms with Crippen LogP contribution in [0.15, 0.2) is 30.3 Å². The fraction of sp³-hybridized carbons (Fsp3) is 0.700. The van der Waals surface area contributed by atoms with Crippen molar-refractivity contribution in [1.82, 2.24) is 0 Å². The van der Waals surface area contributed by atoms with Crippen molar-refractivity contribution in [2.75, 3.05) is 0 Å². The SMILES string of the molecule is CCCCCCCCC(Cc1ccccc1)C(C)(C)C. The molecule has 0 radical (unpaired) electrons. The van der Waals surface area contributed by atoms with Crippen molar-refractivity contribution in [1.29, 1.82) is 0 Å². The van der Waals surface area contributed by atoms with E-state index in [9.17, 15) is 0 Å². The number of hydrogen-bond donors (Lipinski definition) is 0. The summed E-state index contributed by atoms with van der Waals surface area (Å²) < 4.78 is 0. The minimum Gasteiger partial charge on any atom is -0.0654 e. The summed E-state index contributed by atoms with van der Waals surface area (Å²) in [5.74, 6) is 0.802. The van der Waals surface area contributed by atoms with Gasteiger partial charge in [0.05, 0.1) is 0 Å². The van der Waals surface area contributed by atoms with E-state index in [0.29, 0.717) is 5.41 Å². The summed E-state index contributed by atoms with van der Waals surface area (Å²) in [7, 11) is 0. The Morgan fingerprint density at radius 3 is 2.05 bits per heavy atom. The highest BCUT2D eigenvalue weighted by molar-refractivity contribution is 5.15. The van der Waals surface area contributed by atoms with Crippen molar-refractivity contribution >= 4 is 0 Å². The molecular weight excluding hydrogens is 240 g/mol.